The first kappa shape index (κ1) is 16.0. The van der Waals surface area contributed by atoms with Gasteiger partial charge in [-0.15, -0.1) is 0 Å². The highest BCUT2D eigenvalue weighted by Gasteiger charge is 2.41. The van der Waals surface area contributed by atoms with Gasteiger partial charge in [-0.3, -0.25) is 9.59 Å². The highest BCUT2D eigenvalue weighted by molar-refractivity contribution is 7.07. The summed E-state index contributed by atoms with van der Waals surface area (Å²) in [6.07, 6.45) is 1.66. The zero-order valence-corrected chi connectivity index (χ0v) is 13.9. The summed E-state index contributed by atoms with van der Waals surface area (Å²) in [6.45, 7) is 7.89. The minimum absolute atomic E-state index is 0.0275. The number of carbonyl (C=O) groups excluding carboxylic acids is 2. The van der Waals surface area contributed by atoms with Crippen molar-refractivity contribution in [3.05, 3.63) is 22.4 Å². The van der Waals surface area contributed by atoms with Crippen LogP contribution in [0.2, 0.25) is 0 Å². The molecule has 0 aromatic carbocycles. The fraction of sp³-hybridized carbons (Fsp3) is 0.625. The predicted molar refractivity (Wildman–Crippen MR) is 85.2 cm³/mol. The van der Waals surface area contributed by atoms with Crippen LogP contribution in [0.4, 0.5) is 0 Å². The third kappa shape index (κ3) is 3.28. The SMILES string of the molecule is CCC(C)C1NC(=O)C(C)N(C(C)Cc2ccsc2)C1=O. The van der Waals surface area contributed by atoms with E-state index in [0.717, 1.165) is 12.8 Å². The number of thiophene rings is 1. The maximum absolute atomic E-state index is 12.8. The normalized spacial score (nSPS) is 25.6. The second-order valence-electron chi connectivity index (χ2n) is 5.98. The van der Waals surface area contributed by atoms with Gasteiger partial charge in [0.1, 0.15) is 12.1 Å². The third-order valence-corrected chi connectivity index (χ3v) is 5.15. The first-order chi connectivity index (χ1) is 9.95. The lowest BCUT2D eigenvalue weighted by molar-refractivity contribution is -0.152. The van der Waals surface area contributed by atoms with Gasteiger partial charge >= 0.3 is 0 Å². The van der Waals surface area contributed by atoms with E-state index in [4.69, 9.17) is 0 Å². The van der Waals surface area contributed by atoms with E-state index < -0.39 is 6.04 Å². The summed E-state index contributed by atoms with van der Waals surface area (Å²) in [7, 11) is 0. The van der Waals surface area contributed by atoms with Crippen molar-refractivity contribution in [3.8, 4) is 0 Å². The van der Waals surface area contributed by atoms with E-state index in [1.165, 1.54) is 5.56 Å². The van der Waals surface area contributed by atoms with Gasteiger partial charge in [0.25, 0.3) is 0 Å². The van der Waals surface area contributed by atoms with Crippen molar-refractivity contribution in [3.63, 3.8) is 0 Å². The van der Waals surface area contributed by atoms with Gasteiger partial charge in [0, 0.05) is 6.04 Å². The van der Waals surface area contributed by atoms with Crippen LogP contribution in [0.1, 0.15) is 39.7 Å². The van der Waals surface area contributed by atoms with Crippen LogP contribution in [0.15, 0.2) is 16.8 Å². The molecular weight excluding hydrogens is 284 g/mol. The molecule has 4 nitrogen and oxygen atoms in total. The van der Waals surface area contributed by atoms with E-state index >= 15 is 0 Å². The van der Waals surface area contributed by atoms with Crippen molar-refractivity contribution in [1.82, 2.24) is 10.2 Å². The Morgan fingerprint density at radius 3 is 2.67 bits per heavy atom. The van der Waals surface area contributed by atoms with E-state index in [1.807, 2.05) is 33.1 Å². The molecule has 21 heavy (non-hydrogen) atoms. The van der Waals surface area contributed by atoms with Crippen LogP contribution in [0.5, 0.6) is 0 Å². The molecule has 1 aromatic heterocycles. The number of rotatable bonds is 5. The van der Waals surface area contributed by atoms with Crippen LogP contribution >= 0.6 is 11.3 Å². The van der Waals surface area contributed by atoms with Gasteiger partial charge in [-0.25, -0.2) is 0 Å². The van der Waals surface area contributed by atoms with Crippen LogP contribution in [0.25, 0.3) is 0 Å². The van der Waals surface area contributed by atoms with Gasteiger partial charge < -0.3 is 10.2 Å². The Labute approximate surface area is 130 Å². The Kier molecular flexibility index (Phi) is 5.04. The second kappa shape index (κ2) is 6.60. The maximum Gasteiger partial charge on any atom is 0.246 e. The maximum atomic E-state index is 12.8. The summed E-state index contributed by atoms with van der Waals surface area (Å²) in [5.41, 5.74) is 1.22. The molecule has 0 bridgehead atoms. The lowest BCUT2D eigenvalue weighted by Crippen LogP contribution is -2.66. The number of hydrogen-bond donors (Lipinski definition) is 1. The Morgan fingerprint density at radius 1 is 1.38 bits per heavy atom. The summed E-state index contributed by atoms with van der Waals surface area (Å²) >= 11 is 1.66. The minimum atomic E-state index is -0.397. The molecule has 116 valence electrons. The first-order valence-electron chi connectivity index (χ1n) is 7.59. The smallest absolute Gasteiger partial charge is 0.246 e. The zero-order valence-electron chi connectivity index (χ0n) is 13.1. The highest BCUT2D eigenvalue weighted by atomic mass is 32.1. The van der Waals surface area contributed by atoms with Crippen LogP contribution in [-0.2, 0) is 16.0 Å². The van der Waals surface area contributed by atoms with Gasteiger partial charge in [-0.2, -0.15) is 11.3 Å². The lowest BCUT2D eigenvalue weighted by atomic mass is 9.93. The molecular formula is C16H24N2O2S. The van der Waals surface area contributed by atoms with Gasteiger partial charge in [-0.05, 0) is 48.6 Å². The Hall–Kier alpha value is -1.36. The molecule has 2 heterocycles. The number of piperazine rings is 1. The molecule has 1 saturated heterocycles. The molecule has 0 saturated carbocycles. The van der Waals surface area contributed by atoms with Crippen molar-refractivity contribution in [2.45, 2.75) is 58.7 Å². The van der Waals surface area contributed by atoms with E-state index in [2.05, 4.69) is 16.8 Å². The summed E-state index contributed by atoms with van der Waals surface area (Å²) in [6, 6.07) is 1.32. The number of amides is 2. The number of hydrogen-bond acceptors (Lipinski definition) is 3. The summed E-state index contributed by atoms with van der Waals surface area (Å²) in [5.74, 6) is 0.168. The van der Waals surface area contributed by atoms with Crippen LogP contribution in [-0.4, -0.2) is 34.8 Å². The molecule has 0 aliphatic carbocycles. The van der Waals surface area contributed by atoms with E-state index in [1.54, 1.807) is 16.2 Å². The quantitative estimate of drug-likeness (QED) is 0.908. The average Bonchev–Trinajstić information content (AvgIpc) is 2.95. The summed E-state index contributed by atoms with van der Waals surface area (Å²) in [4.78, 5) is 26.7. The Balaban J connectivity index is 2.17. The van der Waals surface area contributed by atoms with Gasteiger partial charge in [0.2, 0.25) is 11.8 Å². The van der Waals surface area contributed by atoms with Gasteiger partial charge in [0.15, 0.2) is 0 Å². The molecule has 1 N–H and O–H groups in total. The van der Waals surface area contributed by atoms with E-state index in [9.17, 15) is 9.59 Å². The van der Waals surface area contributed by atoms with Crippen LogP contribution in [0.3, 0.4) is 0 Å². The van der Waals surface area contributed by atoms with Crippen molar-refractivity contribution < 1.29 is 9.59 Å². The molecule has 1 aliphatic rings. The molecule has 1 aromatic rings. The van der Waals surface area contributed by atoms with E-state index in [0.29, 0.717) is 0 Å². The van der Waals surface area contributed by atoms with Crippen molar-refractivity contribution in [1.29, 1.82) is 0 Å². The third-order valence-electron chi connectivity index (χ3n) is 4.41. The first-order valence-corrected chi connectivity index (χ1v) is 8.53. The van der Waals surface area contributed by atoms with Crippen LogP contribution in [0, 0.1) is 5.92 Å². The second-order valence-corrected chi connectivity index (χ2v) is 6.76. The Bertz CT molecular complexity index is 500. The lowest BCUT2D eigenvalue weighted by Gasteiger charge is -2.42. The fourth-order valence-electron chi connectivity index (χ4n) is 2.88. The average molecular weight is 308 g/mol. The van der Waals surface area contributed by atoms with Crippen LogP contribution < -0.4 is 5.32 Å². The topological polar surface area (TPSA) is 49.4 Å². The molecule has 2 rings (SSSR count). The number of nitrogens with one attached hydrogen (secondary N) is 1. The molecule has 5 heteroatoms. The molecule has 0 radical (unpaired) electrons. The molecule has 4 unspecified atom stereocenters. The van der Waals surface area contributed by atoms with Gasteiger partial charge in [0.05, 0.1) is 0 Å². The van der Waals surface area contributed by atoms with E-state index in [-0.39, 0.29) is 29.8 Å². The molecule has 1 fully saturated rings. The fourth-order valence-corrected chi connectivity index (χ4v) is 3.56. The predicted octanol–water partition coefficient (Wildman–Crippen LogP) is 2.44. The minimum Gasteiger partial charge on any atom is -0.342 e. The number of nitrogens with zero attached hydrogens (tertiary/aromatic N) is 1. The van der Waals surface area contributed by atoms with Crippen molar-refractivity contribution in [2.24, 2.45) is 5.92 Å². The largest absolute Gasteiger partial charge is 0.342 e. The zero-order chi connectivity index (χ0) is 15.6. The van der Waals surface area contributed by atoms with Crippen molar-refractivity contribution in [2.75, 3.05) is 0 Å². The Morgan fingerprint density at radius 2 is 2.10 bits per heavy atom. The molecule has 1 aliphatic heterocycles. The standard InChI is InChI=1S/C16H24N2O2S/c1-5-10(2)14-16(20)18(12(4)15(19)17-14)11(3)8-13-6-7-21-9-13/h6-7,9-12,14H,5,8H2,1-4H3,(H,17,19). The summed E-state index contributed by atoms with van der Waals surface area (Å²) in [5, 5.41) is 7.02. The summed E-state index contributed by atoms with van der Waals surface area (Å²) < 4.78 is 0. The monoisotopic (exact) mass is 308 g/mol. The van der Waals surface area contributed by atoms with Crippen molar-refractivity contribution >= 4 is 23.2 Å². The molecule has 0 spiro atoms. The molecule has 2 amide bonds. The van der Waals surface area contributed by atoms with Gasteiger partial charge in [-0.1, -0.05) is 20.3 Å². The molecule has 4 atom stereocenters. The highest BCUT2D eigenvalue weighted by Crippen LogP contribution is 2.22. The number of carbonyl (C=O) groups is 2.